The summed E-state index contributed by atoms with van der Waals surface area (Å²) in [6, 6.07) is 3.80. The molecule has 1 aliphatic rings. The summed E-state index contributed by atoms with van der Waals surface area (Å²) >= 11 is 0. The number of amides is 1. The van der Waals surface area contributed by atoms with Crippen molar-refractivity contribution < 1.29 is 9.53 Å². The molecule has 0 unspecified atom stereocenters. The molecule has 0 atom stereocenters. The SMILES string of the molecule is Cc1nn(-c2cccnc2)cc1N(C)C(=O)C1CCOCC1. The van der Waals surface area contributed by atoms with E-state index in [4.69, 9.17) is 4.74 Å². The number of ether oxygens (including phenoxy) is 1. The predicted octanol–water partition coefficient (Wildman–Crippen LogP) is 1.97. The zero-order chi connectivity index (χ0) is 15.5. The Balaban J connectivity index is 1.82. The number of aromatic nitrogens is 3. The highest BCUT2D eigenvalue weighted by atomic mass is 16.5. The van der Waals surface area contributed by atoms with Crippen LogP contribution < -0.4 is 4.90 Å². The monoisotopic (exact) mass is 300 g/mol. The van der Waals surface area contributed by atoms with Crippen molar-refractivity contribution in [1.29, 1.82) is 0 Å². The number of hydrogen-bond donors (Lipinski definition) is 0. The van der Waals surface area contributed by atoms with E-state index < -0.39 is 0 Å². The molecule has 6 nitrogen and oxygen atoms in total. The normalized spacial score (nSPS) is 15.7. The fourth-order valence-electron chi connectivity index (χ4n) is 2.74. The van der Waals surface area contributed by atoms with Crippen LogP contribution in [0.5, 0.6) is 0 Å². The van der Waals surface area contributed by atoms with Crippen molar-refractivity contribution in [2.75, 3.05) is 25.2 Å². The number of rotatable bonds is 3. The molecule has 1 amide bonds. The maximum Gasteiger partial charge on any atom is 0.230 e. The Bertz CT molecular complexity index is 647. The number of nitrogens with zero attached hydrogens (tertiary/aromatic N) is 4. The van der Waals surface area contributed by atoms with Gasteiger partial charge < -0.3 is 9.64 Å². The molecule has 1 fully saturated rings. The zero-order valence-corrected chi connectivity index (χ0v) is 12.9. The zero-order valence-electron chi connectivity index (χ0n) is 12.9. The number of aryl methyl sites for hydroxylation is 1. The van der Waals surface area contributed by atoms with Crippen molar-refractivity contribution in [3.8, 4) is 5.69 Å². The minimum absolute atomic E-state index is 0.0416. The molecular weight excluding hydrogens is 280 g/mol. The fraction of sp³-hybridized carbons (Fsp3) is 0.438. The van der Waals surface area contributed by atoms with Crippen molar-refractivity contribution in [1.82, 2.24) is 14.8 Å². The van der Waals surface area contributed by atoms with Crippen LogP contribution in [0.25, 0.3) is 5.69 Å². The molecule has 3 heterocycles. The van der Waals surface area contributed by atoms with Gasteiger partial charge in [0.1, 0.15) is 0 Å². The molecule has 1 aliphatic heterocycles. The van der Waals surface area contributed by atoms with Gasteiger partial charge in [-0.3, -0.25) is 9.78 Å². The van der Waals surface area contributed by atoms with Crippen LogP contribution in [0.3, 0.4) is 0 Å². The van der Waals surface area contributed by atoms with Crippen LogP contribution in [0, 0.1) is 12.8 Å². The third-order valence-corrected chi connectivity index (χ3v) is 4.05. The van der Waals surface area contributed by atoms with Crippen molar-refractivity contribution >= 4 is 11.6 Å². The molecule has 2 aromatic rings. The lowest BCUT2D eigenvalue weighted by atomic mass is 9.98. The summed E-state index contributed by atoms with van der Waals surface area (Å²) in [5.41, 5.74) is 2.54. The molecule has 1 saturated heterocycles. The summed E-state index contributed by atoms with van der Waals surface area (Å²) < 4.78 is 7.08. The van der Waals surface area contributed by atoms with Crippen LogP contribution in [0.1, 0.15) is 18.5 Å². The molecule has 0 spiro atoms. The van der Waals surface area contributed by atoms with Crippen LogP contribution in [-0.2, 0) is 9.53 Å². The van der Waals surface area contributed by atoms with Gasteiger partial charge in [0.2, 0.25) is 5.91 Å². The molecule has 0 aliphatic carbocycles. The highest BCUT2D eigenvalue weighted by molar-refractivity contribution is 5.95. The first-order valence-corrected chi connectivity index (χ1v) is 7.49. The standard InChI is InChI=1S/C16H20N4O2/c1-12-15(11-20(18-12)14-4-3-7-17-10-14)19(2)16(21)13-5-8-22-9-6-13/h3-4,7,10-11,13H,5-6,8-9H2,1-2H3. The van der Waals surface area contributed by atoms with E-state index >= 15 is 0 Å². The maximum absolute atomic E-state index is 12.6. The summed E-state index contributed by atoms with van der Waals surface area (Å²) in [5, 5.41) is 4.49. The van der Waals surface area contributed by atoms with Gasteiger partial charge in [0.25, 0.3) is 0 Å². The molecule has 0 saturated carbocycles. The number of carbonyl (C=O) groups excluding carboxylic acids is 1. The van der Waals surface area contributed by atoms with E-state index in [-0.39, 0.29) is 11.8 Å². The Morgan fingerprint density at radius 2 is 2.18 bits per heavy atom. The van der Waals surface area contributed by atoms with Gasteiger partial charge in [-0.2, -0.15) is 5.10 Å². The summed E-state index contributed by atoms with van der Waals surface area (Å²) in [4.78, 5) is 18.4. The average Bonchev–Trinajstić information content (AvgIpc) is 2.97. The van der Waals surface area contributed by atoms with Gasteiger partial charge in [-0.1, -0.05) is 0 Å². The van der Waals surface area contributed by atoms with Gasteiger partial charge in [0.15, 0.2) is 0 Å². The Morgan fingerprint density at radius 1 is 1.41 bits per heavy atom. The van der Waals surface area contributed by atoms with Gasteiger partial charge in [0.05, 0.1) is 29.5 Å². The minimum Gasteiger partial charge on any atom is -0.381 e. The van der Waals surface area contributed by atoms with Crippen molar-refractivity contribution in [2.45, 2.75) is 19.8 Å². The molecule has 0 aromatic carbocycles. The smallest absolute Gasteiger partial charge is 0.230 e. The molecule has 6 heteroatoms. The molecule has 0 radical (unpaired) electrons. The first-order valence-electron chi connectivity index (χ1n) is 7.49. The van der Waals surface area contributed by atoms with Crippen LogP contribution in [-0.4, -0.2) is 40.9 Å². The van der Waals surface area contributed by atoms with Crippen LogP contribution >= 0.6 is 0 Å². The second kappa shape index (κ2) is 6.27. The molecule has 116 valence electrons. The van der Waals surface area contributed by atoms with Gasteiger partial charge in [-0.25, -0.2) is 4.68 Å². The van der Waals surface area contributed by atoms with E-state index in [1.165, 1.54) is 0 Å². The van der Waals surface area contributed by atoms with E-state index in [2.05, 4.69) is 10.1 Å². The lowest BCUT2D eigenvalue weighted by molar-refractivity contribution is -0.124. The Hall–Kier alpha value is -2.21. The predicted molar refractivity (Wildman–Crippen MR) is 83.0 cm³/mol. The Morgan fingerprint density at radius 3 is 2.86 bits per heavy atom. The highest BCUT2D eigenvalue weighted by Crippen LogP contribution is 2.24. The van der Waals surface area contributed by atoms with E-state index in [0.29, 0.717) is 13.2 Å². The van der Waals surface area contributed by atoms with Crippen LogP contribution in [0.4, 0.5) is 5.69 Å². The Labute approximate surface area is 129 Å². The molecule has 2 aromatic heterocycles. The van der Waals surface area contributed by atoms with Crippen molar-refractivity contribution in [3.05, 3.63) is 36.4 Å². The number of pyridine rings is 1. The number of anilines is 1. The lowest BCUT2D eigenvalue weighted by Crippen LogP contribution is -2.36. The number of carbonyl (C=O) groups is 1. The van der Waals surface area contributed by atoms with E-state index in [0.717, 1.165) is 29.9 Å². The lowest BCUT2D eigenvalue weighted by Gasteiger charge is -2.26. The van der Waals surface area contributed by atoms with Gasteiger partial charge >= 0.3 is 0 Å². The van der Waals surface area contributed by atoms with E-state index in [1.54, 1.807) is 22.0 Å². The summed E-state index contributed by atoms with van der Waals surface area (Å²) in [6.45, 7) is 3.24. The maximum atomic E-state index is 12.6. The average molecular weight is 300 g/mol. The second-order valence-electron chi connectivity index (χ2n) is 5.54. The molecule has 0 bridgehead atoms. The second-order valence-corrected chi connectivity index (χ2v) is 5.54. The molecule has 0 N–H and O–H groups in total. The third-order valence-electron chi connectivity index (χ3n) is 4.05. The Kier molecular flexibility index (Phi) is 4.20. The third kappa shape index (κ3) is 2.87. The van der Waals surface area contributed by atoms with Gasteiger partial charge in [0, 0.05) is 32.4 Å². The summed E-state index contributed by atoms with van der Waals surface area (Å²) in [7, 11) is 1.81. The van der Waals surface area contributed by atoms with Gasteiger partial charge in [-0.15, -0.1) is 0 Å². The topological polar surface area (TPSA) is 60.2 Å². The highest BCUT2D eigenvalue weighted by Gasteiger charge is 2.26. The first-order chi connectivity index (χ1) is 10.7. The molecule has 22 heavy (non-hydrogen) atoms. The van der Waals surface area contributed by atoms with E-state index in [1.807, 2.05) is 32.3 Å². The molecule has 3 rings (SSSR count). The van der Waals surface area contributed by atoms with Gasteiger partial charge in [-0.05, 0) is 31.9 Å². The fourth-order valence-corrected chi connectivity index (χ4v) is 2.74. The van der Waals surface area contributed by atoms with Crippen LogP contribution in [0.15, 0.2) is 30.7 Å². The first kappa shape index (κ1) is 14.7. The van der Waals surface area contributed by atoms with E-state index in [9.17, 15) is 4.79 Å². The van der Waals surface area contributed by atoms with Crippen molar-refractivity contribution in [3.63, 3.8) is 0 Å². The summed E-state index contributed by atoms with van der Waals surface area (Å²) in [6.07, 6.45) is 6.93. The van der Waals surface area contributed by atoms with Crippen LogP contribution in [0.2, 0.25) is 0 Å². The number of hydrogen-bond acceptors (Lipinski definition) is 4. The van der Waals surface area contributed by atoms with Crippen molar-refractivity contribution in [2.24, 2.45) is 5.92 Å². The summed E-state index contributed by atoms with van der Waals surface area (Å²) in [5.74, 6) is 0.178. The largest absolute Gasteiger partial charge is 0.381 e. The molecular formula is C16H20N4O2. The minimum atomic E-state index is 0.0416. The quantitative estimate of drug-likeness (QED) is 0.869.